The van der Waals surface area contributed by atoms with E-state index in [4.69, 9.17) is 0 Å². The predicted octanol–water partition coefficient (Wildman–Crippen LogP) is 2.96. The molecule has 22 heavy (non-hydrogen) atoms. The first kappa shape index (κ1) is 15.6. The number of likely N-dealkylation sites (tertiary alicyclic amines) is 1. The van der Waals surface area contributed by atoms with Crippen LogP contribution in [0, 0.1) is 11.8 Å². The van der Waals surface area contributed by atoms with Crippen molar-refractivity contribution in [3.05, 3.63) is 34.5 Å². The van der Waals surface area contributed by atoms with Gasteiger partial charge in [-0.05, 0) is 61.2 Å². The quantitative estimate of drug-likeness (QED) is 0.866. The number of carbonyl (C=O) groups is 1. The summed E-state index contributed by atoms with van der Waals surface area (Å²) in [7, 11) is 4.12. The number of likely N-dealkylation sites (N-methyl/N-ethyl adjacent to an activating group) is 1. The van der Waals surface area contributed by atoms with Gasteiger partial charge in [0, 0.05) is 19.6 Å². The molecule has 2 heterocycles. The summed E-state index contributed by atoms with van der Waals surface area (Å²) in [5.74, 6) is 1.33. The second-order valence-corrected chi connectivity index (χ2v) is 7.37. The molecule has 5 heteroatoms. The normalized spacial score (nSPS) is 25.3. The smallest absolute Gasteiger partial charge is 0.317 e. The lowest BCUT2D eigenvalue weighted by Gasteiger charge is -2.25. The third kappa shape index (κ3) is 3.36. The number of nitrogens with zero attached hydrogens (tertiary/aromatic N) is 2. The van der Waals surface area contributed by atoms with E-state index in [2.05, 4.69) is 53.3 Å². The summed E-state index contributed by atoms with van der Waals surface area (Å²) in [6.45, 7) is 2.48. The van der Waals surface area contributed by atoms with E-state index in [9.17, 15) is 4.79 Å². The molecule has 1 aromatic heterocycles. The average molecular weight is 319 g/mol. The van der Waals surface area contributed by atoms with Crippen molar-refractivity contribution in [2.24, 2.45) is 11.8 Å². The average Bonchev–Trinajstić information content (AvgIpc) is 3.16. The van der Waals surface area contributed by atoms with Gasteiger partial charge in [0.1, 0.15) is 0 Å². The number of carbonyl (C=O) groups excluding carboxylic acids is 1. The van der Waals surface area contributed by atoms with Gasteiger partial charge in [0.25, 0.3) is 0 Å². The molecule has 2 amide bonds. The lowest BCUT2D eigenvalue weighted by atomic mass is 9.86. The zero-order chi connectivity index (χ0) is 15.5. The Labute approximate surface area is 136 Å². The minimum absolute atomic E-state index is 0.0940. The number of amides is 2. The molecule has 0 radical (unpaired) electrons. The third-order valence-corrected chi connectivity index (χ3v) is 5.61. The number of hydrogen-bond acceptors (Lipinski definition) is 3. The Morgan fingerprint density at radius 1 is 1.36 bits per heavy atom. The molecule has 4 nitrogen and oxygen atoms in total. The van der Waals surface area contributed by atoms with Gasteiger partial charge < -0.3 is 15.1 Å². The molecule has 3 atom stereocenters. The first-order chi connectivity index (χ1) is 10.6. The molecule has 1 aliphatic heterocycles. The molecular formula is C17H25N3OS. The first-order valence-corrected chi connectivity index (χ1v) is 8.95. The summed E-state index contributed by atoms with van der Waals surface area (Å²) in [5, 5.41) is 7.38. The van der Waals surface area contributed by atoms with Crippen molar-refractivity contribution < 1.29 is 4.79 Å². The van der Waals surface area contributed by atoms with Crippen LogP contribution in [0.25, 0.3) is 0 Å². The lowest BCUT2D eigenvalue weighted by Crippen LogP contribution is -2.42. The van der Waals surface area contributed by atoms with Crippen LogP contribution < -0.4 is 5.32 Å². The zero-order valence-electron chi connectivity index (χ0n) is 13.4. The van der Waals surface area contributed by atoms with E-state index < -0.39 is 0 Å². The van der Waals surface area contributed by atoms with Gasteiger partial charge in [-0.25, -0.2) is 4.79 Å². The Bertz CT molecular complexity index is 510. The van der Waals surface area contributed by atoms with Gasteiger partial charge in [-0.1, -0.05) is 12.2 Å². The highest BCUT2D eigenvalue weighted by Crippen LogP contribution is 2.32. The largest absolute Gasteiger partial charge is 0.336 e. The van der Waals surface area contributed by atoms with Crippen molar-refractivity contribution in [3.63, 3.8) is 0 Å². The van der Waals surface area contributed by atoms with Crippen LogP contribution in [-0.4, -0.2) is 49.6 Å². The Morgan fingerprint density at radius 3 is 2.59 bits per heavy atom. The van der Waals surface area contributed by atoms with E-state index in [1.54, 1.807) is 11.3 Å². The van der Waals surface area contributed by atoms with E-state index in [0.717, 1.165) is 25.9 Å². The summed E-state index contributed by atoms with van der Waals surface area (Å²) in [4.78, 5) is 16.6. The number of thiophene rings is 1. The Morgan fingerprint density at radius 2 is 2.05 bits per heavy atom. The fourth-order valence-electron chi connectivity index (χ4n) is 3.54. The SMILES string of the molecule is CN(C)[C@H](CNC(=O)N1C[C@H]2CC=CC[C@@H]2C1)c1ccsc1. The van der Waals surface area contributed by atoms with Crippen LogP contribution in [0.4, 0.5) is 4.79 Å². The summed E-state index contributed by atoms with van der Waals surface area (Å²) < 4.78 is 0. The lowest BCUT2D eigenvalue weighted by molar-refractivity contribution is 0.200. The molecular weight excluding hydrogens is 294 g/mol. The highest BCUT2D eigenvalue weighted by atomic mass is 32.1. The van der Waals surface area contributed by atoms with Crippen molar-refractivity contribution in [2.45, 2.75) is 18.9 Å². The number of allylic oxidation sites excluding steroid dienone is 2. The number of fused-ring (bicyclic) bond motifs is 1. The minimum Gasteiger partial charge on any atom is -0.336 e. The van der Waals surface area contributed by atoms with Crippen molar-refractivity contribution in [1.29, 1.82) is 0 Å². The van der Waals surface area contributed by atoms with Crippen LogP contribution in [0.5, 0.6) is 0 Å². The molecule has 1 saturated heterocycles. The van der Waals surface area contributed by atoms with Crippen molar-refractivity contribution >= 4 is 17.4 Å². The van der Waals surface area contributed by atoms with E-state index in [0.29, 0.717) is 18.4 Å². The zero-order valence-corrected chi connectivity index (χ0v) is 14.2. The van der Waals surface area contributed by atoms with Crippen molar-refractivity contribution in [3.8, 4) is 0 Å². The standard InChI is InChI=1S/C17H25N3OS/c1-19(2)16(15-7-8-22-12-15)9-18-17(21)20-10-13-5-3-4-6-14(13)11-20/h3-4,7-8,12-14,16H,5-6,9-11H2,1-2H3,(H,18,21)/t13-,14-,16-/m1/s1. The summed E-state index contributed by atoms with van der Waals surface area (Å²) in [6, 6.07) is 2.47. The molecule has 1 fully saturated rings. The molecule has 1 N–H and O–H groups in total. The molecule has 0 spiro atoms. The van der Waals surface area contributed by atoms with Crippen molar-refractivity contribution in [2.75, 3.05) is 33.7 Å². The molecule has 0 bridgehead atoms. The van der Waals surface area contributed by atoms with E-state index in [1.807, 2.05) is 4.90 Å². The van der Waals surface area contributed by atoms with Gasteiger partial charge in [0.2, 0.25) is 0 Å². The van der Waals surface area contributed by atoms with Gasteiger partial charge in [-0.3, -0.25) is 0 Å². The van der Waals surface area contributed by atoms with Crippen LogP contribution in [-0.2, 0) is 0 Å². The van der Waals surface area contributed by atoms with Gasteiger partial charge in [0.15, 0.2) is 0 Å². The van der Waals surface area contributed by atoms with E-state index in [-0.39, 0.29) is 12.1 Å². The molecule has 120 valence electrons. The number of urea groups is 1. The second kappa shape index (κ2) is 6.84. The van der Waals surface area contributed by atoms with Gasteiger partial charge in [-0.2, -0.15) is 11.3 Å². The summed E-state index contributed by atoms with van der Waals surface area (Å²) >= 11 is 1.70. The fourth-order valence-corrected chi connectivity index (χ4v) is 4.25. The van der Waals surface area contributed by atoms with Gasteiger partial charge in [0.05, 0.1) is 6.04 Å². The topological polar surface area (TPSA) is 35.6 Å². The molecule has 1 aromatic rings. The minimum atomic E-state index is 0.0940. The van der Waals surface area contributed by atoms with Crippen LogP contribution >= 0.6 is 11.3 Å². The van der Waals surface area contributed by atoms with E-state index >= 15 is 0 Å². The third-order valence-electron chi connectivity index (χ3n) is 4.91. The Hall–Kier alpha value is -1.33. The highest BCUT2D eigenvalue weighted by molar-refractivity contribution is 7.07. The van der Waals surface area contributed by atoms with Gasteiger partial charge in [-0.15, -0.1) is 0 Å². The van der Waals surface area contributed by atoms with Crippen LogP contribution in [0.15, 0.2) is 29.0 Å². The van der Waals surface area contributed by atoms with Crippen LogP contribution in [0.3, 0.4) is 0 Å². The van der Waals surface area contributed by atoms with E-state index in [1.165, 1.54) is 5.56 Å². The molecule has 0 aromatic carbocycles. The summed E-state index contributed by atoms with van der Waals surface area (Å²) in [6.07, 6.45) is 6.79. The molecule has 2 aliphatic rings. The molecule has 1 aliphatic carbocycles. The molecule has 3 rings (SSSR count). The molecule has 0 unspecified atom stereocenters. The number of nitrogens with one attached hydrogen (secondary N) is 1. The molecule has 0 saturated carbocycles. The maximum Gasteiger partial charge on any atom is 0.317 e. The maximum absolute atomic E-state index is 12.5. The maximum atomic E-state index is 12.5. The number of rotatable bonds is 4. The summed E-state index contributed by atoms with van der Waals surface area (Å²) in [5.41, 5.74) is 1.27. The van der Waals surface area contributed by atoms with Crippen molar-refractivity contribution in [1.82, 2.24) is 15.1 Å². The Kier molecular flexibility index (Phi) is 4.84. The van der Waals surface area contributed by atoms with Gasteiger partial charge >= 0.3 is 6.03 Å². The van der Waals surface area contributed by atoms with Crippen LogP contribution in [0.1, 0.15) is 24.4 Å². The second-order valence-electron chi connectivity index (χ2n) is 6.59. The monoisotopic (exact) mass is 319 g/mol. The fraction of sp³-hybridized carbons (Fsp3) is 0.588. The first-order valence-electron chi connectivity index (χ1n) is 8.01. The number of hydrogen-bond donors (Lipinski definition) is 1. The van der Waals surface area contributed by atoms with Crippen LogP contribution in [0.2, 0.25) is 0 Å². The highest BCUT2D eigenvalue weighted by Gasteiger charge is 2.35. The predicted molar refractivity (Wildman–Crippen MR) is 91.1 cm³/mol. The Balaban J connectivity index is 1.54.